The summed E-state index contributed by atoms with van der Waals surface area (Å²) in [6.07, 6.45) is 2.07. The van der Waals surface area contributed by atoms with Crippen LogP contribution in [0.2, 0.25) is 0 Å². The van der Waals surface area contributed by atoms with Crippen LogP contribution in [0.4, 0.5) is 0 Å². The van der Waals surface area contributed by atoms with Crippen molar-refractivity contribution >= 4 is 22.6 Å². The number of halogens is 1. The minimum Gasteiger partial charge on any atom is -0.496 e. The van der Waals surface area contributed by atoms with E-state index in [1.807, 2.05) is 12.1 Å². The van der Waals surface area contributed by atoms with Crippen LogP contribution in [0, 0.1) is 3.57 Å². The Kier molecular flexibility index (Phi) is 6.51. The maximum atomic E-state index is 5.48. The van der Waals surface area contributed by atoms with Gasteiger partial charge in [-0.2, -0.15) is 0 Å². The van der Waals surface area contributed by atoms with Gasteiger partial charge in [-0.05, 0) is 71.3 Å². The third kappa shape index (κ3) is 4.71. The highest BCUT2D eigenvalue weighted by Gasteiger charge is 2.14. The van der Waals surface area contributed by atoms with Crippen molar-refractivity contribution in [1.29, 1.82) is 0 Å². The van der Waals surface area contributed by atoms with Gasteiger partial charge in [0.2, 0.25) is 0 Å². The molecule has 0 saturated heterocycles. The first-order valence-electron chi connectivity index (χ1n) is 7.35. The van der Waals surface area contributed by atoms with E-state index in [4.69, 9.17) is 4.74 Å². The third-order valence-electron chi connectivity index (χ3n) is 3.51. The van der Waals surface area contributed by atoms with Crippen molar-refractivity contribution in [2.24, 2.45) is 0 Å². The summed E-state index contributed by atoms with van der Waals surface area (Å²) in [5.74, 6) is 0.964. The molecule has 0 bridgehead atoms. The predicted molar refractivity (Wildman–Crippen MR) is 96.9 cm³/mol. The van der Waals surface area contributed by atoms with Gasteiger partial charge in [-0.25, -0.2) is 0 Å². The molecule has 2 aromatic carbocycles. The molecule has 0 spiro atoms. The molecule has 1 N–H and O–H groups in total. The normalized spacial score (nSPS) is 12.1. The van der Waals surface area contributed by atoms with E-state index in [0.717, 1.165) is 25.1 Å². The molecule has 3 heteroatoms. The van der Waals surface area contributed by atoms with Gasteiger partial charge in [-0.15, -0.1) is 0 Å². The first kappa shape index (κ1) is 16.3. The van der Waals surface area contributed by atoms with Gasteiger partial charge in [-0.1, -0.05) is 37.3 Å². The highest BCUT2D eigenvalue weighted by atomic mass is 127. The largest absolute Gasteiger partial charge is 0.496 e. The van der Waals surface area contributed by atoms with Crippen molar-refractivity contribution in [1.82, 2.24) is 5.32 Å². The number of para-hydroxylation sites is 1. The molecule has 21 heavy (non-hydrogen) atoms. The van der Waals surface area contributed by atoms with E-state index < -0.39 is 0 Å². The van der Waals surface area contributed by atoms with E-state index in [1.54, 1.807) is 7.11 Å². The summed E-state index contributed by atoms with van der Waals surface area (Å²) in [4.78, 5) is 0. The third-order valence-corrected chi connectivity index (χ3v) is 4.18. The minimum atomic E-state index is 0.316. The number of benzene rings is 2. The fourth-order valence-electron chi connectivity index (χ4n) is 2.44. The first-order valence-corrected chi connectivity index (χ1v) is 8.43. The first-order chi connectivity index (χ1) is 10.2. The molecule has 1 unspecified atom stereocenters. The lowest BCUT2D eigenvalue weighted by Crippen LogP contribution is -2.24. The summed E-state index contributed by atoms with van der Waals surface area (Å²) in [5, 5.41) is 3.65. The van der Waals surface area contributed by atoms with Gasteiger partial charge in [0.15, 0.2) is 0 Å². The van der Waals surface area contributed by atoms with Gasteiger partial charge in [-0.3, -0.25) is 0 Å². The molecule has 0 radical (unpaired) electrons. The van der Waals surface area contributed by atoms with Gasteiger partial charge < -0.3 is 10.1 Å². The Hall–Kier alpha value is -1.07. The van der Waals surface area contributed by atoms with Crippen LogP contribution < -0.4 is 10.1 Å². The monoisotopic (exact) mass is 395 g/mol. The predicted octanol–water partition coefficient (Wildman–Crippen LogP) is 4.58. The number of hydrogen-bond donors (Lipinski definition) is 1. The molecule has 0 saturated carbocycles. The molecule has 0 fully saturated rings. The zero-order chi connectivity index (χ0) is 15.1. The quantitative estimate of drug-likeness (QED) is 0.693. The standard InChI is InChI=1S/C18H22INO/c1-3-11-20-17(14-8-6-9-16(19)12-14)13-15-7-4-5-10-18(15)21-2/h4-10,12,17,20H,3,11,13H2,1-2H3. The van der Waals surface area contributed by atoms with Crippen molar-refractivity contribution in [3.63, 3.8) is 0 Å². The highest BCUT2D eigenvalue weighted by molar-refractivity contribution is 14.1. The van der Waals surface area contributed by atoms with E-state index in [-0.39, 0.29) is 0 Å². The van der Waals surface area contributed by atoms with Crippen LogP contribution in [0.1, 0.15) is 30.5 Å². The number of methoxy groups -OCH3 is 1. The maximum absolute atomic E-state index is 5.48. The average Bonchev–Trinajstić information content (AvgIpc) is 2.51. The summed E-state index contributed by atoms with van der Waals surface area (Å²) < 4.78 is 6.75. The Bertz CT molecular complexity index is 571. The molecule has 2 nitrogen and oxygen atoms in total. The Labute approximate surface area is 141 Å². The Balaban J connectivity index is 2.24. The van der Waals surface area contributed by atoms with Crippen molar-refractivity contribution < 1.29 is 4.74 Å². The molecule has 0 aliphatic heterocycles. The van der Waals surface area contributed by atoms with Crippen LogP contribution in [0.5, 0.6) is 5.75 Å². The number of ether oxygens (including phenoxy) is 1. The molecular weight excluding hydrogens is 373 g/mol. The average molecular weight is 395 g/mol. The van der Waals surface area contributed by atoms with Crippen LogP contribution >= 0.6 is 22.6 Å². The lowest BCUT2D eigenvalue weighted by atomic mass is 9.98. The topological polar surface area (TPSA) is 21.3 Å². The van der Waals surface area contributed by atoms with Crippen molar-refractivity contribution in [3.05, 3.63) is 63.2 Å². The van der Waals surface area contributed by atoms with E-state index in [1.165, 1.54) is 14.7 Å². The van der Waals surface area contributed by atoms with Gasteiger partial charge in [0, 0.05) is 9.61 Å². The van der Waals surface area contributed by atoms with Gasteiger partial charge in [0.05, 0.1) is 7.11 Å². The van der Waals surface area contributed by atoms with E-state index >= 15 is 0 Å². The number of hydrogen-bond acceptors (Lipinski definition) is 2. The second-order valence-electron chi connectivity index (χ2n) is 5.08. The second-order valence-corrected chi connectivity index (χ2v) is 6.32. The molecule has 0 aliphatic rings. The van der Waals surface area contributed by atoms with Crippen LogP contribution in [0.3, 0.4) is 0 Å². The zero-order valence-corrected chi connectivity index (χ0v) is 14.8. The molecule has 112 valence electrons. The lowest BCUT2D eigenvalue weighted by Gasteiger charge is -2.20. The van der Waals surface area contributed by atoms with Crippen LogP contribution in [-0.4, -0.2) is 13.7 Å². The lowest BCUT2D eigenvalue weighted by molar-refractivity contribution is 0.405. The van der Waals surface area contributed by atoms with E-state index in [0.29, 0.717) is 6.04 Å². The summed E-state index contributed by atoms with van der Waals surface area (Å²) >= 11 is 2.37. The van der Waals surface area contributed by atoms with Crippen LogP contribution in [0.15, 0.2) is 48.5 Å². The number of nitrogens with one attached hydrogen (secondary N) is 1. The molecule has 0 amide bonds. The summed E-state index contributed by atoms with van der Waals surface area (Å²) in [6.45, 7) is 3.22. The van der Waals surface area contributed by atoms with Crippen molar-refractivity contribution in [3.8, 4) is 5.75 Å². The molecule has 2 rings (SSSR count). The van der Waals surface area contributed by atoms with Crippen LogP contribution in [0.25, 0.3) is 0 Å². The summed E-state index contributed by atoms with van der Waals surface area (Å²) in [6, 6.07) is 17.3. The molecule has 0 aliphatic carbocycles. The van der Waals surface area contributed by atoms with E-state index in [9.17, 15) is 0 Å². The Morgan fingerprint density at radius 1 is 1.14 bits per heavy atom. The van der Waals surface area contributed by atoms with Crippen molar-refractivity contribution in [2.45, 2.75) is 25.8 Å². The SMILES string of the molecule is CCCNC(Cc1ccccc1OC)c1cccc(I)c1. The van der Waals surface area contributed by atoms with Gasteiger partial charge >= 0.3 is 0 Å². The van der Waals surface area contributed by atoms with E-state index in [2.05, 4.69) is 71.2 Å². The molecule has 1 atom stereocenters. The molecule has 0 heterocycles. The molecule has 2 aromatic rings. The highest BCUT2D eigenvalue weighted by Crippen LogP contribution is 2.25. The summed E-state index contributed by atoms with van der Waals surface area (Å²) in [7, 11) is 1.73. The van der Waals surface area contributed by atoms with Gasteiger partial charge in [0.1, 0.15) is 5.75 Å². The Morgan fingerprint density at radius 3 is 2.67 bits per heavy atom. The molecule has 0 aromatic heterocycles. The number of rotatable bonds is 7. The maximum Gasteiger partial charge on any atom is 0.122 e. The van der Waals surface area contributed by atoms with Crippen molar-refractivity contribution in [2.75, 3.05) is 13.7 Å². The van der Waals surface area contributed by atoms with Gasteiger partial charge in [0.25, 0.3) is 0 Å². The molecular formula is C18H22INO. The Morgan fingerprint density at radius 2 is 1.95 bits per heavy atom. The minimum absolute atomic E-state index is 0.316. The summed E-state index contributed by atoms with van der Waals surface area (Å²) in [5.41, 5.74) is 2.58. The second kappa shape index (κ2) is 8.39. The smallest absolute Gasteiger partial charge is 0.122 e. The zero-order valence-electron chi connectivity index (χ0n) is 12.6. The fourth-order valence-corrected chi connectivity index (χ4v) is 3.01. The van der Waals surface area contributed by atoms with Crippen LogP contribution in [-0.2, 0) is 6.42 Å². The fraction of sp³-hybridized carbons (Fsp3) is 0.333.